The molecule has 51 heavy (non-hydrogen) atoms. The van der Waals surface area contributed by atoms with E-state index in [2.05, 4.69) is 13.8 Å². The third kappa shape index (κ3) is 27.6. The zero-order valence-electron chi connectivity index (χ0n) is 32.6. The molecular weight excluding hydrogens is 658 g/mol. The number of aliphatic hydroxyl groups is 1. The van der Waals surface area contributed by atoms with Gasteiger partial charge < -0.3 is 33.7 Å². The number of carbonyl (C=O) groups is 5. The smallest absolute Gasteiger partial charge is 0.351 e. The van der Waals surface area contributed by atoms with Gasteiger partial charge in [0.2, 0.25) is 5.60 Å². The SMILES string of the molecule is CCCCCCCC(=O)OCCCCCOC(=O)CC(CC)(OC(=O)CCN(C)CC(C)O)C(=O)OCCCCCOC(=O)CCCCCCC. The Bertz CT molecular complexity index is 942. The van der Waals surface area contributed by atoms with Crippen LogP contribution in [0.5, 0.6) is 0 Å². The topological polar surface area (TPSA) is 155 Å². The van der Waals surface area contributed by atoms with Gasteiger partial charge in [-0.3, -0.25) is 19.2 Å². The Morgan fingerprint density at radius 2 is 1.00 bits per heavy atom. The molecule has 0 bridgehead atoms. The zero-order valence-corrected chi connectivity index (χ0v) is 32.6. The molecule has 0 aliphatic rings. The number of rotatable bonds is 34. The molecule has 0 aliphatic carbocycles. The number of hydrogen-bond acceptors (Lipinski definition) is 12. The summed E-state index contributed by atoms with van der Waals surface area (Å²) in [6.07, 6.45) is 14.1. The Hall–Kier alpha value is -2.73. The molecule has 0 aromatic carbocycles. The van der Waals surface area contributed by atoms with E-state index in [0.29, 0.717) is 77.7 Å². The molecule has 0 saturated carbocycles. The van der Waals surface area contributed by atoms with Gasteiger partial charge in [-0.2, -0.15) is 0 Å². The summed E-state index contributed by atoms with van der Waals surface area (Å²) in [5, 5.41) is 9.61. The highest BCUT2D eigenvalue weighted by Crippen LogP contribution is 2.25. The molecule has 0 rings (SSSR count). The van der Waals surface area contributed by atoms with Crippen LogP contribution in [0.3, 0.4) is 0 Å². The Kier molecular flexibility index (Phi) is 30.3. The maximum atomic E-state index is 13.3. The van der Waals surface area contributed by atoms with Gasteiger partial charge in [0.05, 0.1) is 45.4 Å². The summed E-state index contributed by atoms with van der Waals surface area (Å²) in [6.45, 7) is 9.03. The standard InChI is InChI=1S/C39H71NO11/c1-6-9-11-13-17-23-34(42)47-27-19-15-21-29-49-37(45)31-39(8-3,51-36(44)25-26-40(5)32-33(4)41)38(46)50-30-22-16-20-28-48-35(43)24-18-14-12-10-7-2/h33,41H,6-32H2,1-5H3. The van der Waals surface area contributed by atoms with Gasteiger partial charge in [0.25, 0.3) is 0 Å². The maximum Gasteiger partial charge on any atom is 0.351 e. The monoisotopic (exact) mass is 730 g/mol. The molecule has 298 valence electrons. The largest absolute Gasteiger partial charge is 0.466 e. The van der Waals surface area contributed by atoms with E-state index in [9.17, 15) is 29.1 Å². The van der Waals surface area contributed by atoms with Crippen molar-refractivity contribution in [2.75, 3.05) is 46.6 Å². The first-order valence-corrected chi connectivity index (χ1v) is 19.7. The number of esters is 5. The van der Waals surface area contributed by atoms with Crippen molar-refractivity contribution < 1.29 is 52.8 Å². The summed E-state index contributed by atoms with van der Waals surface area (Å²) in [6, 6.07) is 0. The summed E-state index contributed by atoms with van der Waals surface area (Å²) < 4.78 is 27.1. The van der Waals surface area contributed by atoms with E-state index in [4.69, 9.17) is 23.7 Å². The molecule has 0 radical (unpaired) electrons. The lowest BCUT2D eigenvalue weighted by Crippen LogP contribution is -2.46. The fourth-order valence-corrected chi connectivity index (χ4v) is 5.38. The Morgan fingerprint density at radius 1 is 0.569 bits per heavy atom. The van der Waals surface area contributed by atoms with Crippen molar-refractivity contribution in [2.24, 2.45) is 0 Å². The first kappa shape index (κ1) is 48.3. The minimum absolute atomic E-state index is 0.00849. The van der Waals surface area contributed by atoms with E-state index in [0.717, 1.165) is 51.4 Å². The Labute approximate surface area is 308 Å². The van der Waals surface area contributed by atoms with Crippen LogP contribution in [0.1, 0.15) is 163 Å². The third-order valence-corrected chi connectivity index (χ3v) is 8.52. The molecule has 0 spiro atoms. The van der Waals surface area contributed by atoms with E-state index in [1.807, 2.05) is 0 Å². The molecule has 0 heterocycles. The van der Waals surface area contributed by atoms with Crippen LogP contribution in [0, 0.1) is 0 Å². The van der Waals surface area contributed by atoms with Gasteiger partial charge in [-0.25, -0.2) is 4.79 Å². The van der Waals surface area contributed by atoms with Crippen molar-refractivity contribution in [3.05, 3.63) is 0 Å². The van der Waals surface area contributed by atoms with Crippen molar-refractivity contribution in [3.8, 4) is 0 Å². The fourth-order valence-electron chi connectivity index (χ4n) is 5.38. The zero-order chi connectivity index (χ0) is 38.2. The number of unbranched alkanes of at least 4 members (excludes halogenated alkanes) is 12. The number of carbonyl (C=O) groups excluding carboxylic acids is 5. The third-order valence-electron chi connectivity index (χ3n) is 8.52. The highest BCUT2D eigenvalue weighted by Gasteiger charge is 2.45. The number of nitrogens with zero attached hydrogens (tertiary/aromatic N) is 1. The lowest BCUT2D eigenvalue weighted by molar-refractivity contribution is -0.188. The van der Waals surface area contributed by atoms with Gasteiger partial charge in [0.15, 0.2) is 0 Å². The minimum atomic E-state index is -1.84. The molecule has 0 aromatic heterocycles. The summed E-state index contributed by atoms with van der Waals surface area (Å²) in [4.78, 5) is 64.6. The van der Waals surface area contributed by atoms with Gasteiger partial charge in [-0.1, -0.05) is 72.1 Å². The fraction of sp³-hybridized carbons (Fsp3) is 0.872. The van der Waals surface area contributed by atoms with Gasteiger partial charge in [0, 0.05) is 25.9 Å². The maximum absolute atomic E-state index is 13.3. The predicted molar refractivity (Wildman–Crippen MR) is 196 cm³/mol. The molecule has 12 nitrogen and oxygen atoms in total. The van der Waals surface area contributed by atoms with E-state index in [1.54, 1.807) is 25.8 Å². The molecule has 0 aromatic rings. The van der Waals surface area contributed by atoms with Crippen LogP contribution in [0.2, 0.25) is 0 Å². The molecule has 0 amide bonds. The first-order valence-electron chi connectivity index (χ1n) is 19.7. The lowest BCUT2D eigenvalue weighted by atomic mass is 9.96. The summed E-state index contributed by atoms with van der Waals surface area (Å²) in [5.74, 6) is -2.54. The van der Waals surface area contributed by atoms with Crippen LogP contribution in [-0.2, 0) is 47.7 Å². The van der Waals surface area contributed by atoms with Crippen molar-refractivity contribution in [2.45, 2.75) is 174 Å². The van der Waals surface area contributed by atoms with Crippen LogP contribution >= 0.6 is 0 Å². The van der Waals surface area contributed by atoms with Crippen LogP contribution in [0.15, 0.2) is 0 Å². The average molecular weight is 730 g/mol. The second-order valence-corrected chi connectivity index (χ2v) is 13.6. The van der Waals surface area contributed by atoms with Gasteiger partial charge >= 0.3 is 29.8 Å². The molecule has 0 fully saturated rings. The van der Waals surface area contributed by atoms with Gasteiger partial charge in [-0.15, -0.1) is 0 Å². The van der Waals surface area contributed by atoms with Gasteiger partial charge in [0.1, 0.15) is 0 Å². The molecule has 2 atom stereocenters. The molecule has 12 heteroatoms. The Morgan fingerprint density at radius 3 is 1.45 bits per heavy atom. The van der Waals surface area contributed by atoms with Crippen molar-refractivity contribution >= 4 is 29.8 Å². The van der Waals surface area contributed by atoms with Crippen LogP contribution in [0.25, 0.3) is 0 Å². The highest BCUT2D eigenvalue weighted by atomic mass is 16.6. The molecule has 2 unspecified atom stereocenters. The summed E-state index contributed by atoms with van der Waals surface area (Å²) in [5.41, 5.74) is -1.84. The minimum Gasteiger partial charge on any atom is -0.466 e. The van der Waals surface area contributed by atoms with E-state index in [1.165, 1.54) is 12.8 Å². The second kappa shape index (κ2) is 32.0. The number of aliphatic hydroxyl groups excluding tert-OH is 1. The Balaban J connectivity index is 4.78. The van der Waals surface area contributed by atoms with E-state index in [-0.39, 0.29) is 38.0 Å². The van der Waals surface area contributed by atoms with E-state index >= 15 is 0 Å². The molecule has 1 N–H and O–H groups in total. The van der Waals surface area contributed by atoms with Crippen LogP contribution in [0.4, 0.5) is 0 Å². The first-order chi connectivity index (χ1) is 24.5. The molecule has 0 saturated heterocycles. The summed E-state index contributed by atoms with van der Waals surface area (Å²) in [7, 11) is 1.76. The number of hydrogen-bond donors (Lipinski definition) is 1. The van der Waals surface area contributed by atoms with Crippen molar-refractivity contribution in [1.29, 1.82) is 0 Å². The van der Waals surface area contributed by atoms with E-state index < -0.39 is 36.0 Å². The van der Waals surface area contributed by atoms with Crippen LogP contribution in [-0.4, -0.2) is 98.1 Å². The quantitative estimate of drug-likeness (QED) is 0.0412. The predicted octanol–water partition coefficient (Wildman–Crippen LogP) is 7.01. The highest BCUT2D eigenvalue weighted by molar-refractivity contribution is 5.88. The van der Waals surface area contributed by atoms with Gasteiger partial charge in [-0.05, 0) is 71.8 Å². The van der Waals surface area contributed by atoms with Crippen molar-refractivity contribution in [1.82, 2.24) is 4.90 Å². The van der Waals surface area contributed by atoms with Crippen LogP contribution < -0.4 is 0 Å². The average Bonchev–Trinajstić information content (AvgIpc) is 3.09. The normalized spacial score (nSPS) is 12.9. The number of ether oxygens (including phenoxy) is 5. The summed E-state index contributed by atoms with van der Waals surface area (Å²) >= 11 is 0. The molecule has 0 aliphatic heterocycles. The van der Waals surface area contributed by atoms with Crippen molar-refractivity contribution in [3.63, 3.8) is 0 Å². The number of likely N-dealkylation sites (N-methyl/N-ethyl adjacent to an activating group) is 1. The lowest BCUT2D eigenvalue weighted by Gasteiger charge is -2.30. The second-order valence-electron chi connectivity index (χ2n) is 13.6. The molecular formula is C39H71NO11.